The minimum atomic E-state index is -2.12. The lowest BCUT2D eigenvalue weighted by Gasteiger charge is -2.54. The number of hydrogen-bond acceptors (Lipinski definition) is 9. The summed E-state index contributed by atoms with van der Waals surface area (Å²) in [6.07, 6.45) is 2.38. The van der Waals surface area contributed by atoms with Gasteiger partial charge in [-0.25, -0.2) is 0 Å². The van der Waals surface area contributed by atoms with Crippen molar-refractivity contribution in [2.75, 3.05) is 0 Å². The smallest absolute Gasteiger partial charge is 0.312 e. The first-order chi connectivity index (χ1) is 16.2. The van der Waals surface area contributed by atoms with Crippen LogP contribution in [0.2, 0.25) is 0 Å². The molecule has 3 rings (SSSR count). The average Bonchev–Trinajstić information content (AvgIpc) is 2.97. The number of ketones is 1. The van der Waals surface area contributed by atoms with Crippen LogP contribution in [0.4, 0.5) is 0 Å². The quantitative estimate of drug-likeness (QED) is 0.344. The molecule has 0 aromatic carbocycles. The Morgan fingerprint density at radius 2 is 1.86 bits per heavy atom. The molecule has 0 aromatic heterocycles. The van der Waals surface area contributed by atoms with E-state index in [0.29, 0.717) is 19.3 Å². The highest BCUT2D eigenvalue weighted by atomic mass is 16.6. The highest BCUT2D eigenvalue weighted by Crippen LogP contribution is 2.54. The van der Waals surface area contributed by atoms with Gasteiger partial charge in [0.2, 0.25) is 0 Å². The van der Waals surface area contributed by atoms with Crippen LogP contribution in [-0.2, 0) is 33.4 Å². The second-order valence-corrected chi connectivity index (χ2v) is 10.5. The number of fused-ring (bicyclic) bond motifs is 2. The lowest BCUT2D eigenvalue weighted by Crippen LogP contribution is -2.68. The topological polar surface area (TPSA) is 136 Å². The van der Waals surface area contributed by atoms with Crippen molar-refractivity contribution in [2.24, 2.45) is 17.3 Å². The average molecular weight is 493 g/mol. The fourth-order valence-corrected chi connectivity index (χ4v) is 5.77. The van der Waals surface area contributed by atoms with Gasteiger partial charge in [-0.15, -0.1) is 0 Å². The molecular formula is C26H36O9. The summed E-state index contributed by atoms with van der Waals surface area (Å²) in [6, 6.07) is 0. The lowest BCUT2D eigenvalue weighted by atomic mass is 9.55. The van der Waals surface area contributed by atoms with Crippen LogP contribution in [0.5, 0.6) is 0 Å². The Kier molecular flexibility index (Phi) is 7.35. The molecule has 3 aliphatic rings. The second kappa shape index (κ2) is 9.50. The van der Waals surface area contributed by atoms with Crippen molar-refractivity contribution in [3.05, 3.63) is 23.8 Å². The van der Waals surface area contributed by atoms with Crippen molar-refractivity contribution in [3.63, 3.8) is 0 Å². The van der Waals surface area contributed by atoms with Gasteiger partial charge in [-0.1, -0.05) is 25.5 Å². The van der Waals surface area contributed by atoms with E-state index in [4.69, 9.17) is 14.2 Å². The monoisotopic (exact) mass is 492 g/mol. The number of aliphatic hydroxyl groups is 2. The second-order valence-electron chi connectivity index (χ2n) is 10.5. The number of carbonyl (C=O) groups is 4. The molecule has 0 bridgehead atoms. The standard InChI is InChI=1S/C26H36O9/c1-7-8-20(29)34-18-10-9-14(2)13-19-26(32,15(3)23(30)35-19)22(33-16(4)27)21-24(18,5)12-11-17(28)25(21,6)31/h11-13,15,18-19,21-22,31-32H,7-10H2,1-6H3. The van der Waals surface area contributed by atoms with Gasteiger partial charge in [0.15, 0.2) is 17.5 Å². The molecule has 0 saturated carbocycles. The highest BCUT2D eigenvalue weighted by molar-refractivity contribution is 5.98. The SMILES string of the molecule is CCCC(=O)OC1CCC(C)=CC2OC(=O)C(C)C2(O)C(OC(C)=O)C2C(C)(O)C(=O)C=CC12C. The van der Waals surface area contributed by atoms with Crippen molar-refractivity contribution in [1.82, 2.24) is 0 Å². The predicted molar refractivity (Wildman–Crippen MR) is 124 cm³/mol. The fourth-order valence-electron chi connectivity index (χ4n) is 5.77. The molecule has 1 saturated heterocycles. The van der Waals surface area contributed by atoms with Crippen LogP contribution in [0.3, 0.4) is 0 Å². The summed E-state index contributed by atoms with van der Waals surface area (Å²) in [7, 11) is 0. The van der Waals surface area contributed by atoms with E-state index in [1.807, 2.05) is 6.92 Å². The Balaban J connectivity index is 2.31. The maximum absolute atomic E-state index is 12.9. The third-order valence-corrected chi connectivity index (χ3v) is 7.82. The Bertz CT molecular complexity index is 964. The summed E-state index contributed by atoms with van der Waals surface area (Å²) >= 11 is 0. The van der Waals surface area contributed by atoms with Crippen LogP contribution in [0, 0.1) is 17.3 Å². The summed E-state index contributed by atoms with van der Waals surface area (Å²) in [6.45, 7) is 9.25. The minimum absolute atomic E-state index is 0.184. The summed E-state index contributed by atoms with van der Waals surface area (Å²) < 4.78 is 17.1. The van der Waals surface area contributed by atoms with Crippen LogP contribution >= 0.6 is 0 Å². The van der Waals surface area contributed by atoms with Gasteiger partial charge in [-0.05, 0) is 52.2 Å². The normalized spacial score (nSPS) is 41.3. The van der Waals surface area contributed by atoms with Gasteiger partial charge in [0.05, 0.1) is 5.92 Å². The van der Waals surface area contributed by atoms with E-state index in [1.165, 1.54) is 19.9 Å². The van der Waals surface area contributed by atoms with Crippen molar-refractivity contribution >= 4 is 23.7 Å². The molecular weight excluding hydrogens is 456 g/mol. The number of esters is 3. The molecule has 1 aliphatic heterocycles. The molecule has 9 heteroatoms. The first-order valence-electron chi connectivity index (χ1n) is 12.1. The third-order valence-electron chi connectivity index (χ3n) is 7.82. The van der Waals surface area contributed by atoms with E-state index in [9.17, 15) is 29.4 Å². The number of carbonyl (C=O) groups excluding carboxylic acids is 4. The molecule has 1 fully saturated rings. The molecule has 2 aliphatic carbocycles. The largest absolute Gasteiger partial charge is 0.461 e. The zero-order chi connectivity index (χ0) is 26.3. The molecule has 2 N–H and O–H groups in total. The van der Waals surface area contributed by atoms with E-state index in [-0.39, 0.29) is 6.42 Å². The maximum atomic E-state index is 12.9. The van der Waals surface area contributed by atoms with Crippen molar-refractivity contribution in [3.8, 4) is 0 Å². The molecule has 0 radical (unpaired) electrons. The summed E-state index contributed by atoms with van der Waals surface area (Å²) in [5.74, 6) is -4.96. The van der Waals surface area contributed by atoms with E-state index in [0.717, 1.165) is 12.5 Å². The molecule has 0 aromatic rings. The van der Waals surface area contributed by atoms with E-state index < -0.39 is 70.5 Å². The number of hydrogen-bond donors (Lipinski definition) is 2. The van der Waals surface area contributed by atoms with Gasteiger partial charge >= 0.3 is 17.9 Å². The van der Waals surface area contributed by atoms with Crippen LogP contribution < -0.4 is 0 Å². The van der Waals surface area contributed by atoms with Gasteiger partial charge in [0, 0.05) is 24.7 Å². The van der Waals surface area contributed by atoms with Gasteiger partial charge < -0.3 is 24.4 Å². The molecule has 8 unspecified atom stereocenters. The molecule has 0 amide bonds. The van der Waals surface area contributed by atoms with Crippen LogP contribution in [-0.4, -0.2) is 63.4 Å². The zero-order valence-corrected chi connectivity index (χ0v) is 21.2. The molecule has 8 atom stereocenters. The van der Waals surface area contributed by atoms with Gasteiger partial charge in [-0.3, -0.25) is 19.2 Å². The van der Waals surface area contributed by atoms with E-state index >= 15 is 0 Å². The van der Waals surface area contributed by atoms with E-state index in [1.54, 1.807) is 26.0 Å². The van der Waals surface area contributed by atoms with Gasteiger partial charge in [0.25, 0.3) is 0 Å². The number of ether oxygens (including phenoxy) is 3. The minimum Gasteiger partial charge on any atom is -0.461 e. The summed E-state index contributed by atoms with van der Waals surface area (Å²) in [5.41, 5.74) is -4.69. The van der Waals surface area contributed by atoms with Gasteiger partial charge in [0.1, 0.15) is 17.8 Å². The highest BCUT2D eigenvalue weighted by Gasteiger charge is 2.69. The lowest BCUT2D eigenvalue weighted by molar-refractivity contribution is -0.224. The van der Waals surface area contributed by atoms with E-state index in [2.05, 4.69) is 0 Å². The Labute approximate surface area is 205 Å². The third kappa shape index (κ3) is 4.56. The molecule has 35 heavy (non-hydrogen) atoms. The van der Waals surface area contributed by atoms with Crippen molar-refractivity contribution < 1.29 is 43.6 Å². The van der Waals surface area contributed by atoms with Crippen LogP contribution in [0.25, 0.3) is 0 Å². The first-order valence-corrected chi connectivity index (χ1v) is 12.1. The Morgan fingerprint density at radius 1 is 1.20 bits per heavy atom. The summed E-state index contributed by atoms with van der Waals surface area (Å²) in [5, 5.41) is 23.7. The predicted octanol–water partition coefficient (Wildman–Crippen LogP) is 2.18. The molecule has 0 spiro atoms. The zero-order valence-electron chi connectivity index (χ0n) is 21.2. The van der Waals surface area contributed by atoms with Crippen molar-refractivity contribution in [2.45, 2.75) is 96.7 Å². The Hall–Kier alpha value is -2.52. The van der Waals surface area contributed by atoms with Crippen molar-refractivity contribution in [1.29, 1.82) is 0 Å². The first kappa shape index (κ1) is 27.1. The van der Waals surface area contributed by atoms with Gasteiger partial charge in [-0.2, -0.15) is 0 Å². The van der Waals surface area contributed by atoms with Crippen LogP contribution in [0.15, 0.2) is 23.8 Å². The van der Waals surface area contributed by atoms with Crippen LogP contribution in [0.1, 0.15) is 67.2 Å². The molecule has 1 heterocycles. The Morgan fingerprint density at radius 3 is 2.46 bits per heavy atom. The number of allylic oxidation sites excluding steroid dienone is 1. The number of rotatable bonds is 4. The maximum Gasteiger partial charge on any atom is 0.312 e. The molecule has 9 nitrogen and oxygen atoms in total. The molecule has 194 valence electrons. The fraction of sp³-hybridized carbons (Fsp3) is 0.692. The summed E-state index contributed by atoms with van der Waals surface area (Å²) in [4.78, 5) is 50.5.